The highest BCUT2D eigenvalue weighted by Crippen LogP contribution is 2.24. The van der Waals surface area contributed by atoms with E-state index in [0.29, 0.717) is 22.4 Å². The molecule has 3 N–H and O–H groups in total. The van der Waals surface area contributed by atoms with E-state index in [1.807, 2.05) is 68.4 Å². The van der Waals surface area contributed by atoms with Crippen LogP contribution in [0.1, 0.15) is 34.6 Å². The molecule has 164 valence electrons. The molecule has 0 spiro atoms. The van der Waals surface area contributed by atoms with Crippen LogP contribution < -0.4 is 16.6 Å². The molecule has 0 saturated carbocycles. The molecule has 0 unspecified atom stereocenters. The minimum atomic E-state index is -0.522. The fourth-order valence-corrected chi connectivity index (χ4v) is 4.11. The van der Waals surface area contributed by atoms with Gasteiger partial charge in [-0.15, -0.1) is 5.10 Å². The van der Waals surface area contributed by atoms with Crippen LogP contribution in [0.3, 0.4) is 0 Å². The first-order chi connectivity index (χ1) is 16.0. The summed E-state index contributed by atoms with van der Waals surface area (Å²) in [5.41, 5.74) is 8.56. The van der Waals surface area contributed by atoms with E-state index in [4.69, 9.17) is 5.73 Å². The van der Waals surface area contributed by atoms with Gasteiger partial charge in [0.25, 0.3) is 11.5 Å². The largest absolute Gasteiger partial charge is 0.381 e. The smallest absolute Gasteiger partial charge is 0.263 e. The first-order valence-electron chi connectivity index (χ1n) is 10.4. The van der Waals surface area contributed by atoms with E-state index >= 15 is 0 Å². The molecule has 0 radical (unpaired) electrons. The maximum absolute atomic E-state index is 13.6. The minimum absolute atomic E-state index is 0.0507. The summed E-state index contributed by atoms with van der Waals surface area (Å²) in [4.78, 5) is 34.8. The zero-order valence-electron chi connectivity index (χ0n) is 18.1. The third kappa shape index (κ3) is 3.39. The van der Waals surface area contributed by atoms with Gasteiger partial charge in [-0.3, -0.25) is 14.2 Å². The molecular weight excluding hydrogens is 418 g/mol. The maximum atomic E-state index is 13.6. The van der Waals surface area contributed by atoms with Crippen LogP contribution in [-0.2, 0) is 0 Å². The number of nitrogens with zero attached hydrogens (tertiary/aromatic N) is 5. The van der Waals surface area contributed by atoms with Gasteiger partial charge in [-0.1, -0.05) is 36.4 Å². The van der Waals surface area contributed by atoms with Gasteiger partial charge in [0, 0.05) is 11.4 Å². The molecule has 1 amide bonds. The highest BCUT2D eigenvalue weighted by atomic mass is 16.2. The number of aryl methyl sites for hydroxylation is 1. The van der Waals surface area contributed by atoms with E-state index in [9.17, 15) is 9.59 Å². The van der Waals surface area contributed by atoms with Crippen molar-refractivity contribution in [1.82, 2.24) is 29.5 Å². The monoisotopic (exact) mass is 439 g/mol. The van der Waals surface area contributed by atoms with E-state index in [1.54, 1.807) is 4.57 Å². The number of rotatable bonds is 4. The predicted molar refractivity (Wildman–Crippen MR) is 125 cm³/mol. The highest BCUT2D eigenvalue weighted by Gasteiger charge is 2.23. The van der Waals surface area contributed by atoms with Gasteiger partial charge in [0.1, 0.15) is 18.2 Å². The van der Waals surface area contributed by atoms with Crippen molar-refractivity contribution >= 4 is 28.1 Å². The van der Waals surface area contributed by atoms with Gasteiger partial charge in [-0.25, -0.2) is 14.5 Å². The molecule has 5 rings (SSSR count). The molecule has 9 nitrogen and oxygen atoms in total. The number of hydrogen-bond acceptors (Lipinski definition) is 6. The van der Waals surface area contributed by atoms with Crippen molar-refractivity contribution in [3.8, 4) is 5.69 Å². The van der Waals surface area contributed by atoms with Crippen LogP contribution in [0.4, 0.5) is 5.82 Å². The molecule has 0 aliphatic rings. The summed E-state index contributed by atoms with van der Waals surface area (Å²) >= 11 is 0. The Labute approximate surface area is 188 Å². The van der Waals surface area contributed by atoms with E-state index < -0.39 is 11.9 Å². The van der Waals surface area contributed by atoms with Crippen molar-refractivity contribution in [3.63, 3.8) is 0 Å². The van der Waals surface area contributed by atoms with E-state index in [0.717, 1.165) is 10.9 Å². The normalized spacial score (nSPS) is 12.2. The van der Waals surface area contributed by atoms with Gasteiger partial charge >= 0.3 is 0 Å². The standard InChI is InChI=1S/C24H21N7O2/c1-14-7-6-8-16-11-18(31(24(33)19(14)16)17-9-4-3-5-10-17)15(2)28-23(32)20-21(25)29-30-13-26-12-27-22(20)30/h3-13,15H,1-2H3,(H2,25,29)(H,28,32)/t15-/m0/s1. The Bertz CT molecular complexity index is 1570. The Morgan fingerprint density at radius 1 is 1.12 bits per heavy atom. The van der Waals surface area contributed by atoms with Gasteiger partial charge in [0.15, 0.2) is 11.5 Å². The van der Waals surface area contributed by atoms with E-state index in [1.165, 1.54) is 17.2 Å². The fraction of sp³-hybridized carbons (Fsp3) is 0.125. The van der Waals surface area contributed by atoms with Crippen molar-refractivity contribution in [2.75, 3.05) is 5.73 Å². The zero-order valence-corrected chi connectivity index (χ0v) is 18.1. The molecular formula is C24H21N7O2. The lowest BCUT2D eigenvalue weighted by atomic mass is 10.0. The van der Waals surface area contributed by atoms with Crippen LogP contribution in [0.15, 0.2) is 72.0 Å². The van der Waals surface area contributed by atoms with Crippen molar-refractivity contribution in [1.29, 1.82) is 0 Å². The number of benzene rings is 2. The number of pyridine rings is 1. The summed E-state index contributed by atoms with van der Waals surface area (Å²) in [5.74, 6) is -0.389. The lowest BCUT2D eigenvalue weighted by Crippen LogP contribution is -2.32. The van der Waals surface area contributed by atoms with Crippen LogP contribution >= 0.6 is 0 Å². The molecule has 0 aliphatic carbocycles. The van der Waals surface area contributed by atoms with E-state index in [-0.39, 0.29) is 16.9 Å². The number of fused-ring (bicyclic) bond motifs is 2. The van der Waals surface area contributed by atoms with Crippen LogP contribution in [-0.4, -0.2) is 30.1 Å². The van der Waals surface area contributed by atoms with Crippen LogP contribution in [0.2, 0.25) is 0 Å². The Kier molecular flexibility index (Phi) is 4.86. The number of anilines is 1. The quantitative estimate of drug-likeness (QED) is 0.444. The number of nitrogens with one attached hydrogen (secondary N) is 1. The molecule has 0 aliphatic heterocycles. The number of carbonyl (C=O) groups excluding carboxylic acids is 1. The third-order valence-electron chi connectivity index (χ3n) is 5.65. The first kappa shape index (κ1) is 20.4. The summed E-state index contributed by atoms with van der Waals surface area (Å²) < 4.78 is 3.00. The van der Waals surface area contributed by atoms with Gasteiger partial charge < -0.3 is 11.1 Å². The van der Waals surface area contributed by atoms with Crippen molar-refractivity contribution < 1.29 is 4.79 Å². The lowest BCUT2D eigenvalue weighted by Gasteiger charge is -2.21. The SMILES string of the molecule is Cc1cccc2cc([C@H](C)NC(=O)c3c(N)nn4cncnc34)n(-c3ccccc3)c(=O)c12. The Morgan fingerprint density at radius 3 is 2.70 bits per heavy atom. The number of aromatic nitrogens is 5. The number of nitrogens with two attached hydrogens (primary N) is 1. The summed E-state index contributed by atoms with van der Waals surface area (Å²) in [5, 5.41) is 8.51. The molecule has 0 fully saturated rings. The summed E-state index contributed by atoms with van der Waals surface area (Å²) in [6.45, 7) is 3.74. The summed E-state index contributed by atoms with van der Waals surface area (Å²) in [6, 6.07) is 16.5. The second kappa shape index (κ2) is 7.86. The number of para-hydroxylation sites is 1. The number of nitrogen functional groups attached to an aromatic ring is 1. The van der Waals surface area contributed by atoms with Crippen LogP contribution in [0.5, 0.6) is 0 Å². The minimum Gasteiger partial charge on any atom is -0.381 e. The summed E-state index contributed by atoms with van der Waals surface area (Å²) in [7, 11) is 0. The molecule has 9 heteroatoms. The molecule has 0 bridgehead atoms. The highest BCUT2D eigenvalue weighted by molar-refractivity contribution is 6.04. The Hall–Kier alpha value is -4.53. The molecule has 5 aromatic rings. The average molecular weight is 439 g/mol. The average Bonchev–Trinajstić information content (AvgIpc) is 3.15. The maximum Gasteiger partial charge on any atom is 0.263 e. The van der Waals surface area contributed by atoms with Crippen molar-refractivity contribution in [2.45, 2.75) is 19.9 Å². The van der Waals surface area contributed by atoms with Crippen LogP contribution in [0.25, 0.3) is 22.1 Å². The summed E-state index contributed by atoms with van der Waals surface area (Å²) in [6.07, 6.45) is 2.76. The number of carbonyl (C=O) groups is 1. The van der Waals surface area contributed by atoms with Crippen molar-refractivity contribution in [2.24, 2.45) is 0 Å². The first-order valence-corrected chi connectivity index (χ1v) is 10.4. The third-order valence-corrected chi connectivity index (χ3v) is 5.65. The van der Waals surface area contributed by atoms with Gasteiger partial charge in [0.2, 0.25) is 0 Å². The zero-order chi connectivity index (χ0) is 23.1. The topological polar surface area (TPSA) is 120 Å². The molecule has 2 aromatic carbocycles. The predicted octanol–water partition coefficient (Wildman–Crippen LogP) is 2.81. The van der Waals surface area contributed by atoms with Gasteiger partial charge in [-0.2, -0.15) is 0 Å². The lowest BCUT2D eigenvalue weighted by molar-refractivity contribution is 0.0941. The molecule has 1 atom stereocenters. The van der Waals surface area contributed by atoms with Crippen molar-refractivity contribution in [3.05, 3.63) is 94.4 Å². The van der Waals surface area contributed by atoms with E-state index in [2.05, 4.69) is 20.4 Å². The second-order valence-corrected chi connectivity index (χ2v) is 7.82. The number of hydrogen-bond donors (Lipinski definition) is 2. The van der Waals surface area contributed by atoms with Gasteiger partial charge in [-0.05, 0) is 43.0 Å². The molecule has 3 aromatic heterocycles. The van der Waals surface area contributed by atoms with Crippen LogP contribution in [0, 0.1) is 6.92 Å². The number of amides is 1. The molecule has 3 heterocycles. The molecule has 33 heavy (non-hydrogen) atoms. The Morgan fingerprint density at radius 2 is 1.91 bits per heavy atom. The fourth-order valence-electron chi connectivity index (χ4n) is 4.11. The Balaban J connectivity index is 1.64. The molecule has 0 saturated heterocycles. The second-order valence-electron chi connectivity index (χ2n) is 7.82. The van der Waals surface area contributed by atoms with Gasteiger partial charge in [0.05, 0.1) is 11.4 Å².